The van der Waals surface area contributed by atoms with E-state index < -0.39 is 17.4 Å². The van der Waals surface area contributed by atoms with Crippen molar-refractivity contribution in [1.82, 2.24) is 19.9 Å². The fraction of sp³-hybridized carbons (Fsp3) is 0.238. The Bertz CT molecular complexity index is 1210. The summed E-state index contributed by atoms with van der Waals surface area (Å²) in [6, 6.07) is 5.99. The van der Waals surface area contributed by atoms with E-state index in [9.17, 15) is 9.18 Å². The Morgan fingerprint density at radius 2 is 2.00 bits per heavy atom. The lowest BCUT2D eigenvalue weighted by Gasteiger charge is -2.32. The predicted octanol–water partition coefficient (Wildman–Crippen LogP) is 2.96. The van der Waals surface area contributed by atoms with Crippen LogP contribution in [0.2, 0.25) is 0 Å². The third-order valence-electron chi connectivity index (χ3n) is 4.99. The quantitative estimate of drug-likeness (QED) is 0.479. The van der Waals surface area contributed by atoms with Crippen molar-refractivity contribution in [2.45, 2.75) is 18.9 Å². The smallest absolute Gasteiger partial charge is 0.318 e. The molecule has 0 spiro atoms. The number of nitrogens with two attached hydrogens (primary N) is 1. The maximum absolute atomic E-state index is 15.2. The molecule has 0 unspecified atom stereocenters. The van der Waals surface area contributed by atoms with Gasteiger partial charge in [0.05, 0.1) is 12.8 Å². The van der Waals surface area contributed by atoms with Gasteiger partial charge < -0.3 is 15.4 Å². The Morgan fingerprint density at radius 1 is 1.22 bits per heavy atom. The van der Waals surface area contributed by atoms with Gasteiger partial charge in [-0.25, -0.2) is 28.6 Å². The highest BCUT2D eigenvalue weighted by atomic mass is 19.1. The molecule has 4 rings (SSSR count). The van der Waals surface area contributed by atoms with Gasteiger partial charge in [-0.1, -0.05) is 18.2 Å². The minimum Gasteiger partial charge on any atom is -0.460 e. The van der Waals surface area contributed by atoms with Crippen molar-refractivity contribution < 1.29 is 18.3 Å². The van der Waals surface area contributed by atoms with Crippen molar-refractivity contribution in [1.29, 1.82) is 0 Å². The van der Waals surface area contributed by atoms with Crippen LogP contribution in [0.4, 0.5) is 26.1 Å². The van der Waals surface area contributed by atoms with Crippen LogP contribution in [-0.2, 0) is 0 Å². The molecule has 1 aliphatic heterocycles. The highest BCUT2D eigenvalue weighted by Crippen LogP contribution is 2.26. The zero-order valence-electron chi connectivity index (χ0n) is 16.7. The minimum absolute atomic E-state index is 0.0189. The van der Waals surface area contributed by atoms with Crippen molar-refractivity contribution in [2.75, 3.05) is 23.7 Å². The molecule has 9 nitrogen and oxygen atoms in total. The topological polar surface area (TPSA) is 111 Å². The number of piperidine rings is 1. The second-order valence-electron chi connectivity index (χ2n) is 7.04. The molecule has 0 saturated carbocycles. The molecule has 0 bridgehead atoms. The SMILES string of the molecule is [C-]#[N+]c1cccc(C(=O)c2ncnc(N3CCC(Oc4ncc(F)c(N)n4)CC3)c2F)c1. The lowest BCUT2D eigenvalue weighted by atomic mass is 10.1. The molecule has 11 heteroatoms. The van der Waals surface area contributed by atoms with Crippen molar-refractivity contribution in [3.63, 3.8) is 0 Å². The van der Waals surface area contributed by atoms with E-state index >= 15 is 4.39 Å². The molecule has 3 aromatic rings. The van der Waals surface area contributed by atoms with Gasteiger partial charge in [-0.2, -0.15) is 4.98 Å². The number of anilines is 2. The van der Waals surface area contributed by atoms with E-state index in [0.717, 1.165) is 12.5 Å². The number of aromatic nitrogens is 4. The number of ether oxygens (including phenoxy) is 1. The van der Waals surface area contributed by atoms with Crippen LogP contribution in [0.15, 0.2) is 36.8 Å². The zero-order chi connectivity index (χ0) is 22.7. The molecule has 2 N–H and O–H groups in total. The Kier molecular flexibility index (Phi) is 5.85. The van der Waals surface area contributed by atoms with E-state index in [1.165, 1.54) is 12.1 Å². The van der Waals surface area contributed by atoms with Gasteiger partial charge in [0.1, 0.15) is 12.4 Å². The van der Waals surface area contributed by atoms with E-state index in [0.29, 0.717) is 25.9 Å². The fourth-order valence-electron chi connectivity index (χ4n) is 3.35. The Balaban J connectivity index is 1.46. The van der Waals surface area contributed by atoms with Crippen LogP contribution in [0.25, 0.3) is 4.85 Å². The van der Waals surface area contributed by atoms with Gasteiger partial charge in [0.2, 0.25) is 5.78 Å². The summed E-state index contributed by atoms with van der Waals surface area (Å²) in [7, 11) is 0. The number of carbonyl (C=O) groups is 1. The highest BCUT2D eigenvalue weighted by Gasteiger charge is 2.27. The average molecular weight is 437 g/mol. The number of nitrogen functional groups attached to an aromatic ring is 1. The molecule has 3 heterocycles. The molecule has 0 atom stereocenters. The number of carbonyl (C=O) groups excluding carboxylic acids is 1. The first kappa shape index (κ1) is 21.0. The van der Waals surface area contributed by atoms with Crippen molar-refractivity contribution >= 4 is 23.1 Å². The number of ketones is 1. The number of benzene rings is 1. The van der Waals surface area contributed by atoms with Crippen LogP contribution >= 0.6 is 0 Å². The number of nitrogens with zero attached hydrogens (tertiary/aromatic N) is 6. The zero-order valence-corrected chi connectivity index (χ0v) is 16.7. The van der Waals surface area contributed by atoms with Gasteiger partial charge in [-0.15, -0.1) is 0 Å². The molecule has 0 amide bonds. The number of rotatable bonds is 5. The molecular weight excluding hydrogens is 420 g/mol. The Labute approximate surface area is 181 Å². The second kappa shape index (κ2) is 8.89. The predicted molar refractivity (Wildman–Crippen MR) is 110 cm³/mol. The van der Waals surface area contributed by atoms with Crippen LogP contribution in [0, 0.1) is 18.2 Å². The third-order valence-corrected chi connectivity index (χ3v) is 4.99. The summed E-state index contributed by atoms with van der Waals surface area (Å²) >= 11 is 0. The van der Waals surface area contributed by atoms with Crippen LogP contribution < -0.4 is 15.4 Å². The van der Waals surface area contributed by atoms with E-state index in [2.05, 4.69) is 24.8 Å². The molecule has 1 saturated heterocycles. The molecule has 2 aromatic heterocycles. The first-order chi connectivity index (χ1) is 15.5. The first-order valence-corrected chi connectivity index (χ1v) is 9.68. The van der Waals surface area contributed by atoms with Crippen molar-refractivity contribution in [2.24, 2.45) is 0 Å². The molecular formula is C21H17F2N7O2. The summed E-state index contributed by atoms with van der Waals surface area (Å²) in [5.74, 6) is -2.45. The van der Waals surface area contributed by atoms with Crippen LogP contribution in [0.1, 0.15) is 28.9 Å². The number of halogens is 2. The van der Waals surface area contributed by atoms with E-state index in [1.54, 1.807) is 17.0 Å². The minimum atomic E-state index is -0.820. The van der Waals surface area contributed by atoms with Crippen molar-refractivity contribution in [3.8, 4) is 6.01 Å². The molecule has 1 aromatic carbocycles. The van der Waals surface area contributed by atoms with Gasteiger partial charge in [0.25, 0.3) is 0 Å². The summed E-state index contributed by atoms with van der Waals surface area (Å²) < 4.78 is 34.0. The first-order valence-electron chi connectivity index (χ1n) is 9.68. The van der Waals surface area contributed by atoms with Crippen LogP contribution in [0.5, 0.6) is 6.01 Å². The van der Waals surface area contributed by atoms with Crippen molar-refractivity contribution in [3.05, 3.63) is 71.1 Å². The standard InChI is InChI=1S/C21H17F2N7O2/c1-25-13-4-2-3-12(9-13)18(31)17-16(23)20(28-11-27-17)30-7-5-14(6-8-30)32-21-26-10-15(22)19(24)29-21/h2-4,9-11,14H,5-8H2,(H2,24,26,29). The summed E-state index contributed by atoms with van der Waals surface area (Å²) in [6.07, 6.45) is 2.82. The van der Waals surface area contributed by atoms with Crippen LogP contribution in [0.3, 0.4) is 0 Å². The van der Waals surface area contributed by atoms with E-state index in [4.69, 9.17) is 17.0 Å². The van der Waals surface area contributed by atoms with Gasteiger partial charge in [-0.05, 0) is 6.07 Å². The fourth-order valence-corrected chi connectivity index (χ4v) is 3.35. The highest BCUT2D eigenvalue weighted by molar-refractivity contribution is 6.08. The number of hydrogen-bond donors (Lipinski definition) is 1. The van der Waals surface area contributed by atoms with Gasteiger partial charge in [0.15, 0.2) is 34.7 Å². The molecule has 1 fully saturated rings. The third kappa shape index (κ3) is 4.29. The number of hydrogen-bond acceptors (Lipinski definition) is 8. The van der Waals surface area contributed by atoms with Crippen LogP contribution in [-0.4, -0.2) is 44.9 Å². The molecule has 162 valence electrons. The lowest BCUT2D eigenvalue weighted by Crippen LogP contribution is -2.39. The van der Waals surface area contributed by atoms with Gasteiger partial charge in [0, 0.05) is 31.5 Å². The summed E-state index contributed by atoms with van der Waals surface area (Å²) in [5, 5.41) is 0. The maximum atomic E-state index is 15.2. The van der Waals surface area contributed by atoms with Gasteiger partial charge >= 0.3 is 6.01 Å². The molecule has 32 heavy (non-hydrogen) atoms. The Morgan fingerprint density at radius 3 is 2.72 bits per heavy atom. The molecule has 0 aliphatic carbocycles. The monoisotopic (exact) mass is 437 g/mol. The maximum Gasteiger partial charge on any atom is 0.318 e. The molecule has 1 aliphatic rings. The summed E-state index contributed by atoms with van der Waals surface area (Å²) in [6.45, 7) is 7.87. The summed E-state index contributed by atoms with van der Waals surface area (Å²) in [5.41, 5.74) is 5.52. The Hall–Kier alpha value is -4.20. The molecule has 0 radical (unpaired) electrons. The summed E-state index contributed by atoms with van der Waals surface area (Å²) in [4.78, 5) is 33.1. The van der Waals surface area contributed by atoms with E-state index in [1.807, 2.05) is 0 Å². The normalized spacial score (nSPS) is 14.1. The van der Waals surface area contributed by atoms with Gasteiger partial charge in [-0.3, -0.25) is 4.79 Å². The lowest BCUT2D eigenvalue weighted by molar-refractivity contribution is 0.102. The second-order valence-corrected chi connectivity index (χ2v) is 7.04. The van der Waals surface area contributed by atoms with E-state index in [-0.39, 0.29) is 40.7 Å². The largest absolute Gasteiger partial charge is 0.460 e. The average Bonchev–Trinajstić information content (AvgIpc) is 2.82.